The van der Waals surface area contributed by atoms with Crippen LogP contribution in [0.1, 0.15) is 18.9 Å². The van der Waals surface area contributed by atoms with Crippen molar-refractivity contribution in [3.8, 4) is 0 Å². The van der Waals surface area contributed by atoms with Crippen molar-refractivity contribution in [2.24, 2.45) is 0 Å². The van der Waals surface area contributed by atoms with Crippen molar-refractivity contribution in [2.45, 2.75) is 25.9 Å². The number of hydrogen-bond acceptors (Lipinski definition) is 4. The number of aliphatic carboxylic acids is 1. The molecule has 0 aliphatic heterocycles. The molecule has 1 atom stereocenters. The SMILES string of the molecule is Cc1cncc(NC(=O)NCC(C)(O)CC(=O)O)c1. The molecule has 0 bridgehead atoms. The fourth-order valence-electron chi connectivity index (χ4n) is 1.46. The number of aliphatic hydroxyl groups is 1. The number of aryl methyl sites for hydroxylation is 1. The number of amides is 2. The lowest BCUT2D eigenvalue weighted by molar-refractivity contribution is -0.141. The minimum Gasteiger partial charge on any atom is -0.481 e. The predicted octanol–water partition coefficient (Wildman–Crippen LogP) is 0.737. The molecule has 0 radical (unpaired) electrons. The number of carboxylic acids is 1. The summed E-state index contributed by atoms with van der Waals surface area (Å²) in [5, 5.41) is 23.2. The Labute approximate surface area is 110 Å². The van der Waals surface area contributed by atoms with E-state index in [0.717, 1.165) is 5.56 Å². The van der Waals surface area contributed by atoms with E-state index in [4.69, 9.17) is 5.11 Å². The standard InChI is InChI=1S/C12H17N3O4/c1-8-3-9(6-13-5-8)15-11(18)14-7-12(2,19)4-10(16)17/h3,5-6,19H,4,7H2,1-2H3,(H,16,17)(H2,14,15,18). The highest BCUT2D eigenvalue weighted by Gasteiger charge is 2.24. The number of carbonyl (C=O) groups excluding carboxylic acids is 1. The van der Waals surface area contributed by atoms with E-state index >= 15 is 0 Å². The van der Waals surface area contributed by atoms with Crippen LogP contribution in [-0.4, -0.2) is 39.3 Å². The molecule has 0 fully saturated rings. The van der Waals surface area contributed by atoms with Crippen LogP contribution in [0.25, 0.3) is 0 Å². The molecular weight excluding hydrogens is 250 g/mol. The predicted molar refractivity (Wildman–Crippen MR) is 68.9 cm³/mol. The van der Waals surface area contributed by atoms with E-state index in [1.165, 1.54) is 13.1 Å². The molecule has 0 aromatic carbocycles. The van der Waals surface area contributed by atoms with Gasteiger partial charge < -0.3 is 20.8 Å². The first-order chi connectivity index (χ1) is 8.78. The van der Waals surface area contributed by atoms with E-state index < -0.39 is 24.0 Å². The van der Waals surface area contributed by atoms with Gasteiger partial charge in [0, 0.05) is 12.7 Å². The molecule has 1 aromatic heterocycles. The van der Waals surface area contributed by atoms with Gasteiger partial charge in [-0.2, -0.15) is 0 Å². The van der Waals surface area contributed by atoms with E-state index in [2.05, 4.69) is 15.6 Å². The smallest absolute Gasteiger partial charge is 0.319 e. The quantitative estimate of drug-likeness (QED) is 0.628. The first kappa shape index (κ1) is 14.9. The summed E-state index contributed by atoms with van der Waals surface area (Å²) < 4.78 is 0. The van der Waals surface area contributed by atoms with Gasteiger partial charge in [-0.25, -0.2) is 4.79 Å². The number of carbonyl (C=O) groups is 2. The molecule has 0 saturated heterocycles. The Kier molecular flexibility index (Phi) is 4.82. The second kappa shape index (κ2) is 6.14. The molecule has 104 valence electrons. The average Bonchev–Trinajstić information content (AvgIpc) is 2.25. The summed E-state index contributed by atoms with van der Waals surface area (Å²) in [6, 6.07) is 1.21. The summed E-state index contributed by atoms with van der Waals surface area (Å²) >= 11 is 0. The number of aromatic nitrogens is 1. The molecule has 7 heteroatoms. The first-order valence-corrected chi connectivity index (χ1v) is 5.69. The van der Waals surface area contributed by atoms with E-state index in [0.29, 0.717) is 5.69 Å². The monoisotopic (exact) mass is 267 g/mol. The Morgan fingerprint density at radius 2 is 2.11 bits per heavy atom. The van der Waals surface area contributed by atoms with Gasteiger partial charge in [0.05, 0.1) is 23.9 Å². The number of urea groups is 1. The number of hydrogen-bond donors (Lipinski definition) is 4. The fourth-order valence-corrected chi connectivity index (χ4v) is 1.46. The molecule has 7 nitrogen and oxygen atoms in total. The summed E-state index contributed by atoms with van der Waals surface area (Å²) in [6.45, 7) is 3.02. The molecule has 0 spiro atoms. The molecule has 19 heavy (non-hydrogen) atoms. The third kappa shape index (κ3) is 5.82. The molecule has 1 rings (SSSR count). The molecule has 0 saturated carbocycles. The number of nitrogens with zero attached hydrogens (tertiary/aromatic N) is 1. The lowest BCUT2D eigenvalue weighted by atomic mass is 10.0. The van der Waals surface area contributed by atoms with Crippen molar-refractivity contribution >= 4 is 17.7 Å². The zero-order chi connectivity index (χ0) is 14.5. The summed E-state index contributed by atoms with van der Waals surface area (Å²) in [6.07, 6.45) is 2.70. The van der Waals surface area contributed by atoms with E-state index in [1.54, 1.807) is 12.3 Å². The summed E-state index contributed by atoms with van der Waals surface area (Å²) in [4.78, 5) is 26.0. The highest BCUT2D eigenvalue weighted by atomic mass is 16.4. The van der Waals surface area contributed by atoms with Crippen LogP contribution in [-0.2, 0) is 4.79 Å². The normalized spacial score (nSPS) is 13.4. The molecule has 1 aromatic rings. The molecular formula is C12H17N3O4. The topological polar surface area (TPSA) is 112 Å². The van der Waals surface area contributed by atoms with Crippen LogP contribution < -0.4 is 10.6 Å². The van der Waals surface area contributed by atoms with Crippen LogP contribution in [0.4, 0.5) is 10.5 Å². The van der Waals surface area contributed by atoms with Crippen LogP contribution in [0, 0.1) is 6.92 Å². The average molecular weight is 267 g/mol. The number of nitrogens with one attached hydrogen (secondary N) is 2. The lowest BCUT2D eigenvalue weighted by Crippen LogP contribution is -2.43. The van der Waals surface area contributed by atoms with Gasteiger partial charge in [-0.15, -0.1) is 0 Å². The number of anilines is 1. The Balaban J connectivity index is 2.46. The highest BCUT2D eigenvalue weighted by Crippen LogP contribution is 2.09. The van der Waals surface area contributed by atoms with Gasteiger partial charge >= 0.3 is 12.0 Å². The minimum atomic E-state index is -1.49. The molecule has 2 amide bonds. The first-order valence-electron chi connectivity index (χ1n) is 5.69. The second-order valence-electron chi connectivity index (χ2n) is 4.63. The van der Waals surface area contributed by atoms with Crippen LogP contribution in [0.2, 0.25) is 0 Å². The van der Waals surface area contributed by atoms with Crippen LogP contribution in [0.3, 0.4) is 0 Å². The van der Waals surface area contributed by atoms with Crippen LogP contribution >= 0.6 is 0 Å². The molecule has 1 unspecified atom stereocenters. The Hall–Kier alpha value is -2.15. The molecule has 0 aliphatic rings. The molecule has 0 aliphatic carbocycles. The largest absolute Gasteiger partial charge is 0.481 e. The maximum atomic E-state index is 11.5. The molecule has 4 N–H and O–H groups in total. The van der Waals surface area contributed by atoms with Crippen LogP contribution in [0.5, 0.6) is 0 Å². The van der Waals surface area contributed by atoms with Crippen LogP contribution in [0.15, 0.2) is 18.5 Å². The third-order valence-corrected chi connectivity index (χ3v) is 2.29. The van der Waals surface area contributed by atoms with Gasteiger partial charge in [0.15, 0.2) is 0 Å². The van der Waals surface area contributed by atoms with Crippen molar-refractivity contribution in [3.63, 3.8) is 0 Å². The van der Waals surface area contributed by atoms with Crippen molar-refractivity contribution in [1.29, 1.82) is 0 Å². The number of rotatable bonds is 5. The van der Waals surface area contributed by atoms with Gasteiger partial charge in [-0.1, -0.05) is 0 Å². The van der Waals surface area contributed by atoms with Gasteiger partial charge in [0.25, 0.3) is 0 Å². The Bertz CT molecular complexity index is 474. The van der Waals surface area contributed by atoms with E-state index in [1.807, 2.05) is 6.92 Å². The number of carboxylic acid groups (broad SMARTS) is 1. The fraction of sp³-hybridized carbons (Fsp3) is 0.417. The van der Waals surface area contributed by atoms with E-state index in [-0.39, 0.29) is 6.54 Å². The number of pyridine rings is 1. The van der Waals surface area contributed by atoms with Crippen molar-refractivity contribution < 1.29 is 19.8 Å². The van der Waals surface area contributed by atoms with Crippen molar-refractivity contribution in [1.82, 2.24) is 10.3 Å². The Morgan fingerprint density at radius 3 is 2.68 bits per heavy atom. The van der Waals surface area contributed by atoms with Crippen molar-refractivity contribution in [3.05, 3.63) is 24.0 Å². The van der Waals surface area contributed by atoms with Gasteiger partial charge in [-0.05, 0) is 25.5 Å². The zero-order valence-electron chi connectivity index (χ0n) is 10.8. The van der Waals surface area contributed by atoms with Crippen molar-refractivity contribution in [2.75, 3.05) is 11.9 Å². The molecule has 1 heterocycles. The van der Waals surface area contributed by atoms with Gasteiger partial charge in [0.1, 0.15) is 0 Å². The lowest BCUT2D eigenvalue weighted by Gasteiger charge is -2.21. The Morgan fingerprint density at radius 1 is 1.42 bits per heavy atom. The summed E-state index contributed by atoms with van der Waals surface area (Å²) in [7, 11) is 0. The maximum absolute atomic E-state index is 11.5. The third-order valence-electron chi connectivity index (χ3n) is 2.29. The van der Waals surface area contributed by atoms with E-state index in [9.17, 15) is 14.7 Å². The zero-order valence-corrected chi connectivity index (χ0v) is 10.8. The maximum Gasteiger partial charge on any atom is 0.319 e. The highest BCUT2D eigenvalue weighted by molar-refractivity contribution is 5.89. The summed E-state index contributed by atoms with van der Waals surface area (Å²) in [5.41, 5.74) is -0.0698. The minimum absolute atomic E-state index is 0.162. The van der Waals surface area contributed by atoms with Gasteiger partial charge in [-0.3, -0.25) is 9.78 Å². The second-order valence-corrected chi connectivity index (χ2v) is 4.63. The summed E-state index contributed by atoms with van der Waals surface area (Å²) in [5.74, 6) is -1.13. The van der Waals surface area contributed by atoms with Gasteiger partial charge in [0.2, 0.25) is 0 Å².